The maximum atomic E-state index is 15.1. The van der Waals surface area contributed by atoms with Crippen LogP contribution in [0.2, 0.25) is 0 Å². The Kier molecular flexibility index (Phi) is 6.13. The second-order valence-corrected chi connectivity index (χ2v) is 8.61. The van der Waals surface area contributed by atoms with Gasteiger partial charge in [0.05, 0.1) is 42.1 Å². The number of nitrogens with one attached hydrogen (secondary N) is 1. The van der Waals surface area contributed by atoms with E-state index in [9.17, 15) is 9.18 Å². The maximum absolute atomic E-state index is 15.1. The monoisotopic (exact) mass is 490 g/mol. The number of hydrogen-bond acceptors (Lipinski definition) is 6. The summed E-state index contributed by atoms with van der Waals surface area (Å²) in [5, 5.41) is 3.63. The number of amides is 1. The van der Waals surface area contributed by atoms with Crippen LogP contribution in [0, 0.1) is 11.6 Å². The van der Waals surface area contributed by atoms with Gasteiger partial charge in [-0.3, -0.25) is 14.8 Å². The van der Waals surface area contributed by atoms with Crippen molar-refractivity contribution < 1.29 is 23.0 Å². The number of hydrogen-bond donors (Lipinski definition) is 1. The molecule has 3 heterocycles. The summed E-state index contributed by atoms with van der Waals surface area (Å²) in [6.45, 7) is 0.491. The number of ether oxygens (including phenoxy) is 2. The number of carbonyl (C=O) groups is 1. The summed E-state index contributed by atoms with van der Waals surface area (Å²) in [5.74, 6) is -1.33. The van der Waals surface area contributed by atoms with Gasteiger partial charge in [0.25, 0.3) is 5.91 Å². The van der Waals surface area contributed by atoms with Crippen LogP contribution in [0.25, 0.3) is 22.2 Å². The molecule has 36 heavy (non-hydrogen) atoms. The van der Waals surface area contributed by atoms with Crippen molar-refractivity contribution in [3.8, 4) is 22.8 Å². The molecule has 1 atom stereocenters. The molecule has 2 aromatic carbocycles. The van der Waals surface area contributed by atoms with Crippen LogP contribution < -0.4 is 19.7 Å². The minimum atomic E-state index is -0.870. The second kappa shape index (κ2) is 9.41. The third-order valence-corrected chi connectivity index (χ3v) is 6.23. The number of para-hydroxylation sites is 1. The van der Waals surface area contributed by atoms with E-state index < -0.39 is 11.6 Å². The summed E-state index contributed by atoms with van der Waals surface area (Å²) in [7, 11) is 4.89. The number of halogens is 2. The molecule has 0 fully saturated rings. The van der Waals surface area contributed by atoms with Gasteiger partial charge in [-0.2, -0.15) is 0 Å². The average molecular weight is 491 g/mol. The Morgan fingerprint density at radius 1 is 1.14 bits per heavy atom. The van der Waals surface area contributed by atoms with Crippen molar-refractivity contribution in [2.24, 2.45) is 0 Å². The predicted octanol–water partition coefficient (Wildman–Crippen LogP) is 4.90. The van der Waals surface area contributed by atoms with Crippen molar-refractivity contribution in [1.82, 2.24) is 15.3 Å². The Balaban J connectivity index is 1.61. The molecule has 2 aromatic heterocycles. The Labute approximate surface area is 206 Å². The molecule has 0 saturated carbocycles. The number of benzene rings is 2. The first kappa shape index (κ1) is 23.5. The van der Waals surface area contributed by atoms with E-state index in [1.807, 2.05) is 24.3 Å². The molecular formula is C27H24F2N4O3. The molecule has 0 bridgehead atoms. The largest absolute Gasteiger partial charge is 0.494 e. The van der Waals surface area contributed by atoms with Gasteiger partial charge in [0.15, 0.2) is 11.6 Å². The van der Waals surface area contributed by atoms with Gasteiger partial charge in [0, 0.05) is 43.9 Å². The summed E-state index contributed by atoms with van der Waals surface area (Å²) in [6.07, 6.45) is 3.49. The molecular weight excluding hydrogens is 466 g/mol. The molecule has 9 heteroatoms. The fourth-order valence-corrected chi connectivity index (χ4v) is 4.58. The molecule has 1 N–H and O–H groups in total. The number of pyridine rings is 2. The fourth-order valence-electron chi connectivity index (χ4n) is 4.58. The lowest BCUT2D eigenvalue weighted by atomic mass is 9.99. The van der Waals surface area contributed by atoms with E-state index in [-0.39, 0.29) is 34.5 Å². The molecule has 0 aliphatic carbocycles. The summed E-state index contributed by atoms with van der Waals surface area (Å²) in [6, 6.07) is 11.4. The van der Waals surface area contributed by atoms with Crippen molar-refractivity contribution >= 4 is 22.5 Å². The van der Waals surface area contributed by atoms with E-state index in [2.05, 4.69) is 15.3 Å². The summed E-state index contributed by atoms with van der Waals surface area (Å²) in [5.41, 5.74) is 1.75. The lowest BCUT2D eigenvalue weighted by Gasteiger charge is -2.27. The van der Waals surface area contributed by atoms with Gasteiger partial charge in [0.1, 0.15) is 17.3 Å². The smallest absolute Gasteiger partial charge is 0.255 e. The molecule has 5 rings (SSSR count). The summed E-state index contributed by atoms with van der Waals surface area (Å²) in [4.78, 5) is 23.9. The van der Waals surface area contributed by atoms with Gasteiger partial charge in [-0.15, -0.1) is 0 Å². The molecule has 0 saturated heterocycles. The van der Waals surface area contributed by atoms with Crippen LogP contribution in [0.15, 0.2) is 54.9 Å². The summed E-state index contributed by atoms with van der Waals surface area (Å²) < 4.78 is 40.6. The molecule has 1 amide bonds. The third kappa shape index (κ3) is 3.96. The second-order valence-electron chi connectivity index (χ2n) is 8.61. The van der Waals surface area contributed by atoms with Crippen LogP contribution in [0.4, 0.5) is 14.5 Å². The predicted molar refractivity (Wildman–Crippen MR) is 133 cm³/mol. The highest BCUT2D eigenvalue weighted by Gasteiger charge is 2.27. The van der Waals surface area contributed by atoms with Gasteiger partial charge in [-0.05, 0) is 24.3 Å². The zero-order valence-electron chi connectivity index (χ0n) is 20.0. The number of fused-ring (bicyclic) bond motifs is 2. The fraction of sp³-hybridized carbons (Fsp3) is 0.222. The van der Waals surface area contributed by atoms with E-state index in [1.165, 1.54) is 25.6 Å². The Hall–Kier alpha value is -4.27. The van der Waals surface area contributed by atoms with Crippen LogP contribution in [0.3, 0.4) is 0 Å². The lowest BCUT2D eigenvalue weighted by molar-refractivity contribution is 0.0925. The molecule has 1 aliphatic rings. The van der Waals surface area contributed by atoms with Crippen molar-refractivity contribution in [2.75, 3.05) is 32.7 Å². The molecule has 4 aromatic rings. The number of carbonyl (C=O) groups excluding carboxylic acids is 1. The Morgan fingerprint density at radius 2 is 1.94 bits per heavy atom. The van der Waals surface area contributed by atoms with E-state index in [4.69, 9.17) is 9.47 Å². The van der Waals surface area contributed by atoms with E-state index in [0.29, 0.717) is 29.7 Å². The van der Waals surface area contributed by atoms with Crippen LogP contribution in [-0.2, 0) is 0 Å². The van der Waals surface area contributed by atoms with Gasteiger partial charge < -0.3 is 19.7 Å². The molecule has 0 spiro atoms. The van der Waals surface area contributed by atoms with Crippen LogP contribution >= 0.6 is 0 Å². The van der Waals surface area contributed by atoms with Crippen molar-refractivity contribution in [3.05, 3.63) is 77.6 Å². The Bertz CT molecular complexity index is 1480. The number of anilines is 1. The van der Waals surface area contributed by atoms with Crippen molar-refractivity contribution in [1.29, 1.82) is 0 Å². The minimum Gasteiger partial charge on any atom is -0.494 e. The number of methoxy groups -OCH3 is 1. The quantitative estimate of drug-likeness (QED) is 0.429. The zero-order valence-corrected chi connectivity index (χ0v) is 20.0. The number of nitrogens with zero attached hydrogens (tertiary/aromatic N) is 3. The SMILES string of the molecule is COc1ccc(F)c(-c2nccc3c(N(C)C)c(C(=O)N[C@H]4CCOc5ccccc54)cnc23)c1F. The molecule has 184 valence electrons. The van der Waals surface area contributed by atoms with Crippen LogP contribution in [-0.4, -0.2) is 43.7 Å². The van der Waals surface area contributed by atoms with Gasteiger partial charge >= 0.3 is 0 Å². The standard InChI is InChI=1S/C27H24F2N4O3/c1-33(2)26-16-10-12-30-25(22-18(28)8-9-21(35-3)23(22)29)24(16)31-14-17(26)27(34)32-19-11-13-36-20-7-5-4-6-15(19)20/h4-10,12,14,19H,11,13H2,1-3H3,(H,32,34)/t19-/m0/s1. The average Bonchev–Trinajstić information content (AvgIpc) is 2.88. The van der Waals surface area contributed by atoms with Crippen molar-refractivity contribution in [3.63, 3.8) is 0 Å². The highest BCUT2D eigenvalue weighted by molar-refractivity contribution is 6.09. The highest BCUT2D eigenvalue weighted by atomic mass is 19.1. The minimum absolute atomic E-state index is 0.0230. The third-order valence-electron chi connectivity index (χ3n) is 6.23. The first-order chi connectivity index (χ1) is 17.4. The van der Waals surface area contributed by atoms with Gasteiger partial charge in [0.2, 0.25) is 0 Å². The normalized spacial score (nSPS) is 14.6. The Morgan fingerprint density at radius 3 is 2.72 bits per heavy atom. The first-order valence-corrected chi connectivity index (χ1v) is 11.4. The number of aromatic nitrogens is 2. The molecule has 1 aliphatic heterocycles. The van der Waals surface area contributed by atoms with Gasteiger partial charge in [-0.25, -0.2) is 8.78 Å². The van der Waals surface area contributed by atoms with E-state index in [0.717, 1.165) is 17.4 Å². The molecule has 0 radical (unpaired) electrons. The van der Waals surface area contributed by atoms with Crippen LogP contribution in [0.5, 0.6) is 11.5 Å². The molecule has 7 nitrogen and oxygen atoms in total. The molecule has 0 unspecified atom stereocenters. The van der Waals surface area contributed by atoms with Crippen LogP contribution in [0.1, 0.15) is 28.4 Å². The van der Waals surface area contributed by atoms with Gasteiger partial charge in [-0.1, -0.05) is 18.2 Å². The zero-order chi connectivity index (χ0) is 25.4. The highest BCUT2D eigenvalue weighted by Crippen LogP contribution is 2.38. The summed E-state index contributed by atoms with van der Waals surface area (Å²) >= 11 is 0. The maximum Gasteiger partial charge on any atom is 0.255 e. The topological polar surface area (TPSA) is 76.6 Å². The lowest BCUT2D eigenvalue weighted by Crippen LogP contribution is -2.33. The number of rotatable bonds is 5. The van der Waals surface area contributed by atoms with Crippen molar-refractivity contribution in [2.45, 2.75) is 12.5 Å². The van der Waals surface area contributed by atoms with E-state index >= 15 is 4.39 Å². The van der Waals surface area contributed by atoms with E-state index in [1.54, 1.807) is 25.1 Å². The first-order valence-electron chi connectivity index (χ1n) is 11.4.